The van der Waals surface area contributed by atoms with E-state index in [0.29, 0.717) is 12.5 Å². The second-order valence-corrected chi connectivity index (χ2v) is 6.01. The molecule has 17 heavy (non-hydrogen) atoms. The number of rotatable bonds is 7. The quantitative estimate of drug-likeness (QED) is 0.644. The first-order chi connectivity index (χ1) is 7.76. The summed E-state index contributed by atoms with van der Waals surface area (Å²) in [5, 5.41) is 0. The van der Waals surface area contributed by atoms with Crippen molar-refractivity contribution in [3.63, 3.8) is 0 Å². The van der Waals surface area contributed by atoms with Gasteiger partial charge in [-0.3, -0.25) is 4.79 Å². The Morgan fingerprint density at radius 3 is 2.18 bits per heavy atom. The first-order valence-corrected chi connectivity index (χ1v) is 6.48. The van der Waals surface area contributed by atoms with Gasteiger partial charge in [-0.2, -0.15) is 0 Å². The van der Waals surface area contributed by atoms with Crippen LogP contribution in [-0.2, 0) is 14.3 Å². The van der Waals surface area contributed by atoms with Crippen molar-refractivity contribution in [2.24, 2.45) is 11.8 Å². The van der Waals surface area contributed by atoms with Crippen LogP contribution in [0.2, 0.25) is 0 Å². The Labute approximate surface area is 106 Å². The van der Waals surface area contributed by atoms with Crippen molar-refractivity contribution in [3.8, 4) is 0 Å². The zero-order valence-corrected chi connectivity index (χ0v) is 12.2. The van der Waals surface area contributed by atoms with Gasteiger partial charge in [0, 0.05) is 7.11 Å². The SMILES string of the molecule is COCC(CCCC(C)C)C(=O)OC(C)(C)C. The van der Waals surface area contributed by atoms with Gasteiger partial charge in [-0.05, 0) is 33.1 Å². The molecule has 0 radical (unpaired) electrons. The van der Waals surface area contributed by atoms with Gasteiger partial charge in [-0.1, -0.05) is 26.7 Å². The van der Waals surface area contributed by atoms with E-state index >= 15 is 0 Å². The number of esters is 1. The molecular formula is C14H28O3. The molecule has 3 heteroatoms. The third-order valence-electron chi connectivity index (χ3n) is 2.44. The van der Waals surface area contributed by atoms with E-state index in [1.54, 1.807) is 7.11 Å². The highest BCUT2D eigenvalue weighted by Crippen LogP contribution is 2.18. The molecule has 1 unspecified atom stereocenters. The van der Waals surface area contributed by atoms with E-state index in [1.807, 2.05) is 20.8 Å². The van der Waals surface area contributed by atoms with Crippen molar-refractivity contribution >= 4 is 5.97 Å². The molecule has 3 nitrogen and oxygen atoms in total. The lowest BCUT2D eigenvalue weighted by Crippen LogP contribution is -2.30. The monoisotopic (exact) mass is 244 g/mol. The number of carbonyl (C=O) groups excluding carboxylic acids is 1. The third-order valence-corrected chi connectivity index (χ3v) is 2.44. The molecule has 0 bridgehead atoms. The predicted octanol–water partition coefficient (Wildman–Crippen LogP) is 3.42. The summed E-state index contributed by atoms with van der Waals surface area (Å²) in [5.74, 6) is 0.415. The van der Waals surface area contributed by atoms with E-state index in [4.69, 9.17) is 9.47 Å². The van der Waals surface area contributed by atoms with Crippen molar-refractivity contribution in [1.29, 1.82) is 0 Å². The van der Waals surface area contributed by atoms with Gasteiger partial charge in [0.25, 0.3) is 0 Å². The van der Waals surface area contributed by atoms with E-state index in [0.717, 1.165) is 19.3 Å². The van der Waals surface area contributed by atoms with E-state index in [1.165, 1.54) is 0 Å². The smallest absolute Gasteiger partial charge is 0.311 e. The second kappa shape index (κ2) is 7.70. The zero-order chi connectivity index (χ0) is 13.5. The second-order valence-electron chi connectivity index (χ2n) is 6.01. The number of carbonyl (C=O) groups is 1. The molecule has 0 saturated carbocycles. The van der Waals surface area contributed by atoms with Crippen molar-refractivity contribution in [2.75, 3.05) is 13.7 Å². The largest absolute Gasteiger partial charge is 0.460 e. The summed E-state index contributed by atoms with van der Waals surface area (Å²) in [6.07, 6.45) is 3.04. The molecule has 0 saturated heterocycles. The summed E-state index contributed by atoms with van der Waals surface area (Å²) in [4.78, 5) is 11.9. The Morgan fingerprint density at radius 2 is 1.76 bits per heavy atom. The van der Waals surface area contributed by atoms with Gasteiger partial charge in [0.1, 0.15) is 5.60 Å². The Morgan fingerprint density at radius 1 is 1.18 bits per heavy atom. The maximum absolute atomic E-state index is 11.9. The summed E-state index contributed by atoms with van der Waals surface area (Å²) in [6, 6.07) is 0. The Bertz CT molecular complexity index is 216. The van der Waals surface area contributed by atoms with Crippen LogP contribution in [-0.4, -0.2) is 25.3 Å². The Balaban J connectivity index is 4.16. The molecule has 0 aromatic carbocycles. The molecular weight excluding hydrogens is 216 g/mol. The van der Waals surface area contributed by atoms with E-state index < -0.39 is 5.60 Å². The summed E-state index contributed by atoms with van der Waals surface area (Å²) >= 11 is 0. The molecule has 0 heterocycles. The van der Waals surface area contributed by atoms with Crippen LogP contribution in [0.3, 0.4) is 0 Å². The third kappa shape index (κ3) is 9.16. The average molecular weight is 244 g/mol. The van der Waals surface area contributed by atoms with Gasteiger partial charge in [0.05, 0.1) is 12.5 Å². The van der Waals surface area contributed by atoms with Crippen LogP contribution in [0.25, 0.3) is 0 Å². The summed E-state index contributed by atoms with van der Waals surface area (Å²) in [5.41, 5.74) is -0.416. The molecule has 0 amide bonds. The number of hydrogen-bond acceptors (Lipinski definition) is 3. The van der Waals surface area contributed by atoms with Crippen LogP contribution in [0.1, 0.15) is 53.9 Å². The molecule has 0 fully saturated rings. The number of hydrogen-bond donors (Lipinski definition) is 0. The first kappa shape index (κ1) is 16.4. The zero-order valence-electron chi connectivity index (χ0n) is 12.2. The molecule has 0 spiro atoms. The molecule has 0 aliphatic rings. The van der Waals surface area contributed by atoms with Crippen molar-refractivity contribution in [3.05, 3.63) is 0 Å². The van der Waals surface area contributed by atoms with Crippen LogP contribution < -0.4 is 0 Å². The van der Waals surface area contributed by atoms with Gasteiger partial charge in [0.15, 0.2) is 0 Å². The van der Waals surface area contributed by atoms with Crippen molar-refractivity contribution < 1.29 is 14.3 Å². The van der Waals surface area contributed by atoms with Crippen molar-refractivity contribution in [1.82, 2.24) is 0 Å². The molecule has 1 atom stereocenters. The summed E-state index contributed by atoms with van der Waals surface area (Å²) in [7, 11) is 1.62. The highest BCUT2D eigenvalue weighted by molar-refractivity contribution is 5.73. The lowest BCUT2D eigenvalue weighted by Gasteiger charge is -2.23. The van der Waals surface area contributed by atoms with Gasteiger partial charge < -0.3 is 9.47 Å². The highest BCUT2D eigenvalue weighted by Gasteiger charge is 2.24. The standard InChI is InChI=1S/C14H28O3/c1-11(2)8-7-9-12(10-16-6)13(15)17-14(3,4)5/h11-12H,7-10H2,1-6H3. The lowest BCUT2D eigenvalue weighted by molar-refractivity contribution is -0.162. The molecule has 0 rings (SSSR count). The Hall–Kier alpha value is -0.570. The van der Waals surface area contributed by atoms with E-state index in [-0.39, 0.29) is 11.9 Å². The topological polar surface area (TPSA) is 35.5 Å². The maximum Gasteiger partial charge on any atom is 0.311 e. The summed E-state index contributed by atoms with van der Waals surface area (Å²) in [6.45, 7) is 10.5. The fourth-order valence-electron chi connectivity index (χ4n) is 1.63. The van der Waals surface area contributed by atoms with Gasteiger partial charge in [-0.25, -0.2) is 0 Å². The minimum Gasteiger partial charge on any atom is -0.460 e. The molecule has 0 aliphatic carbocycles. The lowest BCUT2D eigenvalue weighted by atomic mass is 9.98. The van der Waals surface area contributed by atoms with Crippen LogP contribution in [0.5, 0.6) is 0 Å². The molecule has 0 aromatic rings. The molecule has 0 aromatic heterocycles. The normalized spacial score (nSPS) is 13.8. The minimum absolute atomic E-state index is 0.127. The fourth-order valence-corrected chi connectivity index (χ4v) is 1.63. The van der Waals surface area contributed by atoms with Gasteiger partial charge >= 0.3 is 5.97 Å². The van der Waals surface area contributed by atoms with E-state index in [9.17, 15) is 4.79 Å². The van der Waals surface area contributed by atoms with E-state index in [2.05, 4.69) is 13.8 Å². The number of methoxy groups -OCH3 is 1. The molecule has 102 valence electrons. The molecule has 0 aliphatic heterocycles. The summed E-state index contributed by atoms with van der Waals surface area (Å²) < 4.78 is 10.5. The highest BCUT2D eigenvalue weighted by atomic mass is 16.6. The van der Waals surface area contributed by atoms with Crippen LogP contribution >= 0.6 is 0 Å². The Kier molecular flexibility index (Phi) is 7.44. The van der Waals surface area contributed by atoms with Crippen LogP contribution in [0, 0.1) is 11.8 Å². The average Bonchev–Trinajstić information content (AvgIpc) is 2.13. The van der Waals surface area contributed by atoms with Gasteiger partial charge in [-0.15, -0.1) is 0 Å². The number of ether oxygens (including phenoxy) is 2. The van der Waals surface area contributed by atoms with Gasteiger partial charge in [0.2, 0.25) is 0 Å². The minimum atomic E-state index is -0.416. The van der Waals surface area contributed by atoms with Crippen LogP contribution in [0.4, 0.5) is 0 Å². The fraction of sp³-hybridized carbons (Fsp3) is 0.929. The maximum atomic E-state index is 11.9. The first-order valence-electron chi connectivity index (χ1n) is 6.48. The molecule has 0 N–H and O–H groups in total. The van der Waals surface area contributed by atoms with Crippen molar-refractivity contribution in [2.45, 2.75) is 59.5 Å². The van der Waals surface area contributed by atoms with Crippen LogP contribution in [0.15, 0.2) is 0 Å². The predicted molar refractivity (Wildman–Crippen MR) is 69.9 cm³/mol.